The molecule has 14 heavy (non-hydrogen) atoms. The summed E-state index contributed by atoms with van der Waals surface area (Å²) in [5, 5.41) is 3.52. The first-order valence-electron chi connectivity index (χ1n) is 5.44. The van der Waals surface area contributed by atoms with Gasteiger partial charge >= 0.3 is 0 Å². The molecule has 0 saturated heterocycles. The summed E-state index contributed by atoms with van der Waals surface area (Å²) in [4.78, 5) is 4.18. The predicted molar refractivity (Wildman–Crippen MR) is 59.4 cm³/mol. The van der Waals surface area contributed by atoms with Crippen molar-refractivity contribution in [1.29, 1.82) is 0 Å². The van der Waals surface area contributed by atoms with Crippen molar-refractivity contribution in [3.8, 4) is 0 Å². The number of hydrogen-bond donors (Lipinski definition) is 1. The van der Waals surface area contributed by atoms with Crippen LogP contribution in [0.5, 0.6) is 0 Å². The van der Waals surface area contributed by atoms with Gasteiger partial charge in [0, 0.05) is 18.4 Å². The Morgan fingerprint density at radius 3 is 2.79 bits per heavy atom. The Hall–Kier alpha value is -1.05. The topological polar surface area (TPSA) is 24.9 Å². The Balaban J connectivity index is 1.95. The predicted octanol–water partition coefficient (Wildman–Crippen LogP) is 2.99. The summed E-state index contributed by atoms with van der Waals surface area (Å²) >= 11 is 0. The molecule has 0 aliphatic heterocycles. The van der Waals surface area contributed by atoms with Crippen molar-refractivity contribution in [2.75, 3.05) is 5.32 Å². The van der Waals surface area contributed by atoms with Gasteiger partial charge in [0.25, 0.3) is 0 Å². The zero-order chi connectivity index (χ0) is 9.97. The van der Waals surface area contributed by atoms with Crippen LogP contribution in [0.2, 0.25) is 0 Å². The zero-order valence-corrected chi connectivity index (χ0v) is 8.96. The van der Waals surface area contributed by atoms with Crippen molar-refractivity contribution < 1.29 is 0 Å². The normalized spacial score (nSPS) is 18.7. The second kappa shape index (κ2) is 3.99. The van der Waals surface area contributed by atoms with E-state index in [-0.39, 0.29) is 0 Å². The number of aryl methyl sites for hydroxylation is 1. The van der Waals surface area contributed by atoms with E-state index in [1.807, 2.05) is 12.4 Å². The molecule has 1 N–H and O–H groups in total. The van der Waals surface area contributed by atoms with Gasteiger partial charge in [0.2, 0.25) is 0 Å². The second-order valence-electron chi connectivity index (χ2n) is 4.37. The summed E-state index contributed by atoms with van der Waals surface area (Å²) < 4.78 is 0. The first kappa shape index (κ1) is 9.50. The number of anilines is 1. The SMILES string of the molecule is Cc1cncc(NC(C)C2CCC2)c1. The highest BCUT2D eigenvalue weighted by Crippen LogP contribution is 2.30. The summed E-state index contributed by atoms with van der Waals surface area (Å²) in [6, 6.07) is 2.75. The van der Waals surface area contributed by atoms with E-state index >= 15 is 0 Å². The summed E-state index contributed by atoms with van der Waals surface area (Å²) in [7, 11) is 0. The van der Waals surface area contributed by atoms with Crippen LogP contribution in [-0.2, 0) is 0 Å². The van der Waals surface area contributed by atoms with Crippen LogP contribution in [0.4, 0.5) is 5.69 Å². The van der Waals surface area contributed by atoms with Gasteiger partial charge in [-0.3, -0.25) is 4.98 Å². The van der Waals surface area contributed by atoms with Crippen LogP contribution in [-0.4, -0.2) is 11.0 Å². The summed E-state index contributed by atoms with van der Waals surface area (Å²) in [6.45, 7) is 4.35. The molecule has 2 heteroatoms. The van der Waals surface area contributed by atoms with Gasteiger partial charge in [-0.25, -0.2) is 0 Å². The third-order valence-electron chi connectivity index (χ3n) is 3.13. The molecule has 1 saturated carbocycles. The van der Waals surface area contributed by atoms with Crippen LogP contribution in [0, 0.1) is 12.8 Å². The van der Waals surface area contributed by atoms with E-state index in [0.717, 1.165) is 11.6 Å². The van der Waals surface area contributed by atoms with Gasteiger partial charge in [0.1, 0.15) is 0 Å². The molecule has 1 aromatic heterocycles. The number of hydrogen-bond acceptors (Lipinski definition) is 2. The highest BCUT2D eigenvalue weighted by Gasteiger charge is 2.23. The molecule has 0 spiro atoms. The molecular weight excluding hydrogens is 172 g/mol. The fraction of sp³-hybridized carbons (Fsp3) is 0.583. The van der Waals surface area contributed by atoms with Crippen molar-refractivity contribution in [3.63, 3.8) is 0 Å². The largest absolute Gasteiger partial charge is 0.381 e. The van der Waals surface area contributed by atoms with Crippen LogP contribution in [0.25, 0.3) is 0 Å². The Kier molecular flexibility index (Phi) is 2.71. The fourth-order valence-electron chi connectivity index (χ4n) is 1.95. The Morgan fingerprint density at radius 1 is 1.43 bits per heavy atom. The molecule has 0 radical (unpaired) electrons. The van der Waals surface area contributed by atoms with E-state index in [4.69, 9.17) is 0 Å². The third kappa shape index (κ3) is 2.06. The molecule has 2 rings (SSSR count). The lowest BCUT2D eigenvalue weighted by Crippen LogP contribution is -2.30. The van der Waals surface area contributed by atoms with Gasteiger partial charge in [0.05, 0.1) is 5.69 Å². The van der Waals surface area contributed by atoms with Crippen LogP contribution in [0.15, 0.2) is 18.5 Å². The van der Waals surface area contributed by atoms with E-state index in [1.54, 1.807) is 0 Å². The molecule has 1 aliphatic carbocycles. The van der Waals surface area contributed by atoms with Crippen molar-refractivity contribution in [1.82, 2.24) is 4.98 Å². The molecule has 0 amide bonds. The van der Waals surface area contributed by atoms with Gasteiger partial charge in [-0.15, -0.1) is 0 Å². The number of nitrogens with zero attached hydrogens (tertiary/aromatic N) is 1. The lowest BCUT2D eigenvalue weighted by atomic mass is 9.80. The molecule has 1 atom stereocenters. The summed E-state index contributed by atoms with van der Waals surface area (Å²) in [5.41, 5.74) is 2.38. The maximum atomic E-state index is 4.18. The molecular formula is C12H18N2. The van der Waals surface area contributed by atoms with Gasteiger partial charge in [-0.1, -0.05) is 6.42 Å². The van der Waals surface area contributed by atoms with Crippen LogP contribution >= 0.6 is 0 Å². The maximum absolute atomic E-state index is 4.18. The molecule has 1 aliphatic rings. The van der Waals surface area contributed by atoms with Crippen molar-refractivity contribution in [3.05, 3.63) is 24.0 Å². The monoisotopic (exact) mass is 190 g/mol. The number of nitrogens with one attached hydrogen (secondary N) is 1. The van der Waals surface area contributed by atoms with E-state index in [1.165, 1.54) is 24.8 Å². The Morgan fingerprint density at radius 2 is 2.21 bits per heavy atom. The molecule has 0 bridgehead atoms. The van der Waals surface area contributed by atoms with Crippen LogP contribution in [0.3, 0.4) is 0 Å². The number of pyridine rings is 1. The van der Waals surface area contributed by atoms with Crippen LogP contribution in [0.1, 0.15) is 31.7 Å². The summed E-state index contributed by atoms with van der Waals surface area (Å²) in [5.74, 6) is 0.871. The van der Waals surface area contributed by atoms with Crippen molar-refractivity contribution >= 4 is 5.69 Å². The maximum Gasteiger partial charge on any atom is 0.0531 e. The second-order valence-corrected chi connectivity index (χ2v) is 4.37. The molecule has 1 heterocycles. The minimum atomic E-state index is 0.590. The lowest BCUT2D eigenvalue weighted by Gasteiger charge is -2.32. The van der Waals surface area contributed by atoms with E-state index in [0.29, 0.717) is 6.04 Å². The van der Waals surface area contributed by atoms with E-state index in [2.05, 4.69) is 30.2 Å². The average molecular weight is 190 g/mol. The molecule has 1 aromatic rings. The van der Waals surface area contributed by atoms with Gasteiger partial charge in [0.15, 0.2) is 0 Å². The first-order valence-corrected chi connectivity index (χ1v) is 5.44. The lowest BCUT2D eigenvalue weighted by molar-refractivity contribution is 0.285. The standard InChI is InChI=1S/C12H18N2/c1-9-6-12(8-13-7-9)14-10(2)11-4-3-5-11/h6-8,10-11,14H,3-5H2,1-2H3. The minimum Gasteiger partial charge on any atom is -0.381 e. The van der Waals surface area contributed by atoms with Crippen molar-refractivity contribution in [2.24, 2.45) is 5.92 Å². The molecule has 76 valence electrons. The van der Waals surface area contributed by atoms with E-state index in [9.17, 15) is 0 Å². The highest BCUT2D eigenvalue weighted by atomic mass is 14.9. The molecule has 1 fully saturated rings. The molecule has 2 nitrogen and oxygen atoms in total. The van der Waals surface area contributed by atoms with Crippen molar-refractivity contribution in [2.45, 2.75) is 39.2 Å². The Bertz CT molecular complexity index is 305. The van der Waals surface area contributed by atoms with Gasteiger partial charge < -0.3 is 5.32 Å². The third-order valence-corrected chi connectivity index (χ3v) is 3.13. The quantitative estimate of drug-likeness (QED) is 0.792. The van der Waals surface area contributed by atoms with Crippen LogP contribution < -0.4 is 5.32 Å². The minimum absolute atomic E-state index is 0.590. The van der Waals surface area contributed by atoms with E-state index < -0.39 is 0 Å². The van der Waals surface area contributed by atoms with Gasteiger partial charge in [-0.2, -0.15) is 0 Å². The molecule has 1 unspecified atom stereocenters. The Labute approximate surface area is 85.7 Å². The summed E-state index contributed by atoms with van der Waals surface area (Å²) in [6.07, 6.45) is 7.96. The fourth-order valence-corrected chi connectivity index (χ4v) is 1.95. The molecule has 0 aromatic carbocycles. The highest BCUT2D eigenvalue weighted by molar-refractivity contribution is 5.43. The number of rotatable bonds is 3. The first-order chi connectivity index (χ1) is 6.75. The average Bonchev–Trinajstić information content (AvgIpc) is 1.99. The zero-order valence-electron chi connectivity index (χ0n) is 8.96. The number of aromatic nitrogens is 1. The smallest absolute Gasteiger partial charge is 0.0531 e. The van der Waals surface area contributed by atoms with Gasteiger partial charge in [-0.05, 0) is 44.2 Å².